The molecule has 0 aliphatic carbocycles. The Morgan fingerprint density at radius 3 is 1.91 bits per heavy atom. The summed E-state index contributed by atoms with van der Waals surface area (Å²) >= 11 is 0. The Morgan fingerprint density at radius 2 is 1.50 bits per heavy atom. The fourth-order valence-electron chi connectivity index (χ4n) is 3.48. The van der Waals surface area contributed by atoms with Gasteiger partial charge in [0.05, 0.1) is 0 Å². The van der Waals surface area contributed by atoms with E-state index in [9.17, 15) is 9.90 Å². The molecule has 2 aromatic carbocycles. The number of aliphatic carboxylic acids is 1. The molecule has 22 heavy (non-hydrogen) atoms. The summed E-state index contributed by atoms with van der Waals surface area (Å²) < 4.78 is 0. The largest absolute Gasteiger partial charge is 0.480 e. The van der Waals surface area contributed by atoms with Crippen molar-refractivity contribution >= 4 is 5.97 Å². The van der Waals surface area contributed by atoms with Gasteiger partial charge in [-0.15, -0.1) is 0 Å². The first-order valence-electron chi connectivity index (χ1n) is 7.71. The summed E-state index contributed by atoms with van der Waals surface area (Å²) in [6.07, 6.45) is 2.48. The molecule has 114 valence electrons. The molecule has 0 radical (unpaired) electrons. The molecule has 1 heterocycles. The molecule has 0 saturated carbocycles. The summed E-state index contributed by atoms with van der Waals surface area (Å²) in [5.41, 5.74) is 2.50. The van der Waals surface area contributed by atoms with E-state index in [1.54, 1.807) is 0 Å². The maximum atomic E-state index is 11.3. The summed E-state index contributed by atoms with van der Waals surface area (Å²) in [4.78, 5) is 11.3. The number of benzene rings is 2. The van der Waals surface area contributed by atoms with Crippen molar-refractivity contribution < 1.29 is 9.90 Å². The smallest absolute Gasteiger partial charge is 0.320 e. The van der Waals surface area contributed by atoms with Crippen LogP contribution in [0, 0.1) is 5.41 Å². The lowest BCUT2D eigenvalue weighted by molar-refractivity contribution is -0.139. The van der Waals surface area contributed by atoms with Crippen LogP contribution in [0.5, 0.6) is 0 Å². The van der Waals surface area contributed by atoms with Crippen LogP contribution in [0.15, 0.2) is 60.7 Å². The maximum absolute atomic E-state index is 11.3. The van der Waals surface area contributed by atoms with Gasteiger partial charge in [0.2, 0.25) is 0 Å². The predicted molar refractivity (Wildman–Crippen MR) is 86.8 cm³/mol. The van der Waals surface area contributed by atoms with Crippen molar-refractivity contribution in [1.29, 1.82) is 0 Å². The van der Waals surface area contributed by atoms with Crippen LogP contribution < -0.4 is 5.32 Å². The molecule has 3 nitrogen and oxygen atoms in total. The second-order valence-electron chi connectivity index (χ2n) is 6.30. The average Bonchev–Trinajstić information content (AvgIpc) is 2.93. The Labute approximate surface area is 131 Å². The van der Waals surface area contributed by atoms with E-state index in [-0.39, 0.29) is 5.41 Å². The van der Waals surface area contributed by atoms with Crippen molar-refractivity contribution in [2.75, 3.05) is 6.54 Å². The highest BCUT2D eigenvalue weighted by Crippen LogP contribution is 2.36. The van der Waals surface area contributed by atoms with Crippen LogP contribution >= 0.6 is 0 Å². The van der Waals surface area contributed by atoms with Gasteiger partial charge < -0.3 is 10.4 Å². The average molecular weight is 295 g/mol. The molecule has 1 saturated heterocycles. The van der Waals surface area contributed by atoms with Gasteiger partial charge in [-0.25, -0.2) is 0 Å². The monoisotopic (exact) mass is 295 g/mol. The zero-order valence-electron chi connectivity index (χ0n) is 12.5. The van der Waals surface area contributed by atoms with Crippen LogP contribution in [0.1, 0.15) is 17.5 Å². The molecule has 0 unspecified atom stereocenters. The van der Waals surface area contributed by atoms with E-state index in [0.29, 0.717) is 6.42 Å². The molecule has 1 aliphatic heterocycles. The van der Waals surface area contributed by atoms with E-state index >= 15 is 0 Å². The van der Waals surface area contributed by atoms with E-state index in [1.165, 1.54) is 11.1 Å². The quantitative estimate of drug-likeness (QED) is 0.891. The minimum absolute atomic E-state index is 0.0359. The highest BCUT2D eigenvalue weighted by Gasteiger charge is 2.41. The van der Waals surface area contributed by atoms with Crippen molar-refractivity contribution in [2.24, 2.45) is 5.41 Å². The molecule has 0 bridgehead atoms. The lowest BCUT2D eigenvalue weighted by Crippen LogP contribution is -2.30. The van der Waals surface area contributed by atoms with Crippen LogP contribution in [0.3, 0.4) is 0 Å². The maximum Gasteiger partial charge on any atom is 0.320 e. The normalized spacial score (nSPS) is 19.9. The molecule has 1 aliphatic rings. The fourth-order valence-corrected chi connectivity index (χ4v) is 3.48. The van der Waals surface area contributed by atoms with Crippen molar-refractivity contribution in [3.8, 4) is 0 Å². The third-order valence-corrected chi connectivity index (χ3v) is 4.50. The molecule has 3 rings (SSSR count). The summed E-state index contributed by atoms with van der Waals surface area (Å²) in [5.74, 6) is -0.747. The number of rotatable bonds is 5. The molecule has 3 heteroatoms. The van der Waals surface area contributed by atoms with Crippen LogP contribution in [-0.4, -0.2) is 23.7 Å². The molecular weight excluding hydrogens is 274 g/mol. The summed E-state index contributed by atoms with van der Waals surface area (Å²) in [7, 11) is 0. The van der Waals surface area contributed by atoms with E-state index in [1.807, 2.05) is 36.4 Å². The topological polar surface area (TPSA) is 49.3 Å². The van der Waals surface area contributed by atoms with Crippen molar-refractivity contribution in [2.45, 2.75) is 25.3 Å². The number of carboxylic acids is 1. The van der Waals surface area contributed by atoms with Gasteiger partial charge in [0, 0.05) is 6.54 Å². The number of nitrogens with one attached hydrogen (secondary N) is 1. The van der Waals surface area contributed by atoms with Gasteiger partial charge >= 0.3 is 5.97 Å². The third-order valence-electron chi connectivity index (χ3n) is 4.50. The lowest BCUT2D eigenvalue weighted by Gasteiger charge is -2.29. The Morgan fingerprint density at radius 1 is 1.00 bits per heavy atom. The van der Waals surface area contributed by atoms with Crippen LogP contribution in [0.2, 0.25) is 0 Å². The van der Waals surface area contributed by atoms with E-state index in [4.69, 9.17) is 0 Å². The number of hydrogen-bond donors (Lipinski definition) is 2. The Hall–Kier alpha value is -2.13. The molecule has 0 amide bonds. The molecule has 1 fully saturated rings. The molecule has 1 atom stereocenters. The second kappa shape index (κ2) is 6.32. The van der Waals surface area contributed by atoms with E-state index in [2.05, 4.69) is 29.6 Å². The molecule has 2 N–H and O–H groups in total. The van der Waals surface area contributed by atoms with Crippen LogP contribution in [-0.2, 0) is 17.6 Å². The Balaban J connectivity index is 1.84. The highest BCUT2D eigenvalue weighted by atomic mass is 16.4. The molecular formula is C19H21NO2. The fraction of sp³-hybridized carbons (Fsp3) is 0.316. The van der Waals surface area contributed by atoms with Gasteiger partial charge in [-0.1, -0.05) is 60.7 Å². The van der Waals surface area contributed by atoms with Gasteiger partial charge in [-0.05, 0) is 35.8 Å². The minimum Gasteiger partial charge on any atom is -0.480 e. The molecule has 0 aromatic heterocycles. The third kappa shape index (κ3) is 3.37. The molecule has 0 spiro atoms. The van der Waals surface area contributed by atoms with Gasteiger partial charge in [0.1, 0.15) is 6.04 Å². The van der Waals surface area contributed by atoms with Gasteiger partial charge in [-0.2, -0.15) is 0 Å². The summed E-state index contributed by atoms with van der Waals surface area (Å²) in [6, 6.07) is 20.3. The first kappa shape index (κ1) is 14.8. The number of hydrogen-bond acceptors (Lipinski definition) is 2. The second-order valence-corrected chi connectivity index (χ2v) is 6.30. The zero-order chi connectivity index (χ0) is 15.4. The zero-order valence-corrected chi connectivity index (χ0v) is 12.5. The van der Waals surface area contributed by atoms with Gasteiger partial charge in [-0.3, -0.25) is 4.79 Å². The van der Waals surface area contributed by atoms with Crippen molar-refractivity contribution in [3.05, 3.63) is 71.8 Å². The Kier molecular flexibility index (Phi) is 4.25. The number of carbonyl (C=O) groups is 1. The van der Waals surface area contributed by atoms with E-state index in [0.717, 1.165) is 19.4 Å². The standard InChI is InChI=1S/C19H21NO2/c21-18(22)17-13-19(14-20-17,11-15-7-3-1-4-8-15)12-16-9-5-2-6-10-16/h1-10,17,20H,11-14H2,(H,21,22)/t17-/m0/s1. The lowest BCUT2D eigenvalue weighted by atomic mass is 9.75. The summed E-state index contributed by atoms with van der Waals surface area (Å²) in [5, 5.41) is 12.5. The predicted octanol–water partition coefficient (Wildman–Crippen LogP) is 2.90. The van der Waals surface area contributed by atoms with Gasteiger partial charge in [0.25, 0.3) is 0 Å². The summed E-state index contributed by atoms with van der Waals surface area (Å²) in [6.45, 7) is 0.744. The Bertz CT molecular complexity index is 583. The van der Waals surface area contributed by atoms with Crippen LogP contribution in [0.4, 0.5) is 0 Å². The number of carboxylic acid groups (broad SMARTS) is 1. The van der Waals surface area contributed by atoms with Crippen LogP contribution in [0.25, 0.3) is 0 Å². The van der Waals surface area contributed by atoms with Gasteiger partial charge in [0.15, 0.2) is 0 Å². The van der Waals surface area contributed by atoms with E-state index < -0.39 is 12.0 Å². The SMILES string of the molecule is O=C(O)[C@@H]1CC(Cc2ccccc2)(Cc2ccccc2)CN1. The molecule has 2 aromatic rings. The first-order chi connectivity index (χ1) is 10.7. The highest BCUT2D eigenvalue weighted by molar-refractivity contribution is 5.74. The first-order valence-corrected chi connectivity index (χ1v) is 7.71. The minimum atomic E-state index is -0.747. The van der Waals surface area contributed by atoms with Crippen molar-refractivity contribution in [1.82, 2.24) is 5.32 Å². The van der Waals surface area contributed by atoms with Crippen molar-refractivity contribution in [3.63, 3.8) is 0 Å².